The maximum atomic E-state index is 12.9. The fraction of sp³-hybridized carbons (Fsp3) is 0.391. The standard InChI is InChI=1S/C23H27ClN2O6S/c1-29-17-8-6-12-14(11-16(17)28)15(26-23(33)25-9-10-27)7-5-13-18(12)20(30-2)22(32-4)21(31-3)19(13)24/h6,8,11,15,27H,5,7,9-10H2,1-4H3,(H2,25,26,33)/t15-/m0/s1. The van der Waals surface area contributed by atoms with Crippen molar-refractivity contribution in [3.8, 4) is 34.1 Å². The normalized spacial score (nSPS) is 14.3. The molecule has 0 aliphatic heterocycles. The van der Waals surface area contributed by atoms with Gasteiger partial charge in [0.25, 0.3) is 0 Å². The number of aliphatic hydroxyl groups is 1. The Bertz CT molecular complexity index is 1110. The summed E-state index contributed by atoms with van der Waals surface area (Å²) >= 11 is 12.2. The highest BCUT2D eigenvalue weighted by molar-refractivity contribution is 7.80. The third kappa shape index (κ3) is 4.80. The van der Waals surface area contributed by atoms with Crippen molar-refractivity contribution in [1.29, 1.82) is 0 Å². The summed E-state index contributed by atoms with van der Waals surface area (Å²) in [5, 5.41) is 16.1. The molecule has 0 spiro atoms. The van der Waals surface area contributed by atoms with Gasteiger partial charge in [0, 0.05) is 12.1 Å². The van der Waals surface area contributed by atoms with Crippen molar-refractivity contribution in [2.24, 2.45) is 0 Å². The third-order valence-corrected chi connectivity index (χ3v) is 6.17. The van der Waals surface area contributed by atoms with Crippen LogP contribution in [0.4, 0.5) is 0 Å². The van der Waals surface area contributed by atoms with E-state index in [0.717, 1.165) is 11.1 Å². The minimum absolute atomic E-state index is 0.0578. The van der Waals surface area contributed by atoms with E-state index in [1.807, 2.05) is 6.07 Å². The Labute approximate surface area is 202 Å². The monoisotopic (exact) mass is 494 g/mol. The predicted molar refractivity (Wildman–Crippen MR) is 131 cm³/mol. The number of ether oxygens (including phenoxy) is 4. The molecule has 0 saturated heterocycles. The summed E-state index contributed by atoms with van der Waals surface area (Å²) in [7, 11) is 6.03. The van der Waals surface area contributed by atoms with Crippen LogP contribution in [-0.4, -0.2) is 51.8 Å². The second kappa shape index (κ2) is 10.9. The Kier molecular flexibility index (Phi) is 8.23. The highest BCUT2D eigenvalue weighted by Crippen LogP contribution is 2.54. The van der Waals surface area contributed by atoms with E-state index in [9.17, 15) is 4.79 Å². The lowest BCUT2D eigenvalue weighted by molar-refractivity contribution is 0.300. The van der Waals surface area contributed by atoms with Crippen LogP contribution in [0.5, 0.6) is 23.0 Å². The minimum atomic E-state index is -0.325. The van der Waals surface area contributed by atoms with Crippen LogP contribution in [0, 0.1) is 0 Å². The van der Waals surface area contributed by atoms with E-state index in [1.165, 1.54) is 21.3 Å². The van der Waals surface area contributed by atoms with Gasteiger partial charge in [0.1, 0.15) is 0 Å². The molecule has 8 nitrogen and oxygen atoms in total. The molecule has 3 rings (SSSR count). The van der Waals surface area contributed by atoms with Gasteiger partial charge < -0.3 is 34.7 Å². The van der Waals surface area contributed by atoms with Gasteiger partial charge in [-0.15, -0.1) is 0 Å². The van der Waals surface area contributed by atoms with Gasteiger partial charge >= 0.3 is 0 Å². The Hall–Kier alpha value is -2.75. The molecule has 1 atom stereocenters. The van der Waals surface area contributed by atoms with Gasteiger partial charge in [0.05, 0.1) is 46.1 Å². The van der Waals surface area contributed by atoms with Crippen LogP contribution >= 0.6 is 23.8 Å². The van der Waals surface area contributed by atoms with Crippen molar-refractivity contribution in [1.82, 2.24) is 10.6 Å². The van der Waals surface area contributed by atoms with Crippen LogP contribution in [-0.2, 0) is 6.42 Å². The zero-order valence-electron chi connectivity index (χ0n) is 18.9. The second-order valence-electron chi connectivity index (χ2n) is 7.26. The SMILES string of the molecule is COc1c(Cl)c2c(c(OC)c1OC)-c1ccc(OC)c(=O)cc1[C@@H](NC(=S)NCCO)CC2. The number of methoxy groups -OCH3 is 4. The highest BCUT2D eigenvalue weighted by atomic mass is 35.5. The first-order valence-electron chi connectivity index (χ1n) is 10.3. The fourth-order valence-corrected chi connectivity index (χ4v) is 4.66. The van der Waals surface area contributed by atoms with Crippen LogP contribution < -0.4 is 35.0 Å². The lowest BCUT2D eigenvalue weighted by Gasteiger charge is -2.21. The lowest BCUT2D eigenvalue weighted by atomic mass is 9.95. The molecule has 2 aromatic rings. The van der Waals surface area contributed by atoms with E-state index in [4.69, 9.17) is 47.9 Å². The van der Waals surface area contributed by atoms with Crippen molar-refractivity contribution >= 4 is 28.9 Å². The Morgan fingerprint density at radius 3 is 2.42 bits per heavy atom. The molecule has 178 valence electrons. The first-order chi connectivity index (χ1) is 15.9. The molecule has 0 amide bonds. The van der Waals surface area contributed by atoms with Crippen molar-refractivity contribution in [3.63, 3.8) is 0 Å². The van der Waals surface area contributed by atoms with E-state index in [0.29, 0.717) is 57.9 Å². The number of halogens is 1. The van der Waals surface area contributed by atoms with Gasteiger partial charge in [0.15, 0.2) is 22.4 Å². The molecule has 33 heavy (non-hydrogen) atoms. The van der Waals surface area contributed by atoms with Crippen LogP contribution in [0.15, 0.2) is 23.0 Å². The first kappa shape index (κ1) is 24.9. The van der Waals surface area contributed by atoms with E-state index in [-0.39, 0.29) is 23.8 Å². The van der Waals surface area contributed by atoms with Gasteiger partial charge in [0.2, 0.25) is 11.2 Å². The molecule has 2 aromatic carbocycles. The Morgan fingerprint density at radius 1 is 1.12 bits per heavy atom. The van der Waals surface area contributed by atoms with Crippen LogP contribution in [0.1, 0.15) is 23.6 Å². The van der Waals surface area contributed by atoms with E-state index < -0.39 is 0 Å². The van der Waals surface area contributed by atoms with E-state index in [2.05, 4.69) is 10.6 Å². The molecule has 0 heterocycles. The Balaban J connectivity index is 2.34. The van der Waals surface area contributed by atoms with Crippen molar-refractivity contribution in [3.05, 3.63) is 44.6 Å². The number of rotatable bonds is 7. The number of nitrogens with one attached hydrogen (secondary N) is 2. The largest absolute Gasteiger partial charge is 0.493 e. The van der Waals surface area contributed by atoms with Gasteiger partial charge in [-0.3, -0.25) is 4.79 Å². The molecule has 1 aliphatic carbocycles. The molecule has 1 aliphatic rings. The highest BCUT2D eigenvalue weighted by Gasteiger charge is 2.32. The fourth-order valence-electron chi connectivity index (χ4n) is 4.07. The maximum Gasteiger partial charge on any atom is 0.220 e. The maximum absolute atomic E-state index is 12.9. The van der Waals surface area contributed by atoms with Crippen LogP contribution in [0.3, 0.4) is 0 Å². The number of aliphatic hydroxyl groups excluding tert-OH is 1. The Morgan fingerprint density at radius 2 is 1.82 bits per heavy atom. The van der Waals surface area contributed by atoms with E-state index in [1.54, 1.807) is 19.2 Å². The average Bonchev–Trinajstić information content (AvgIpc) is 3.06. The van der Waals surface area contributed by atoms with Gasteiger partial charge in [-0.2, -0.15) is 0 Å². The van der Waals surface area contributed by atoms with Gasteiger partial charge in [-0.05, 0) is 53.9 Å². The zero-order chi connectivity index (χ0) is 24.1. The molecule has 0 fully saturated rings. The van der Waals surface area contributed by atoms with E-state index >= 15 is 0 Å². The van der Waals surface area contributed by atoms with Crippen molar-refractivity contribution < 1.29 is 24.1 Å². The van der Waals surface area contributed by atoms with Gasteiger partial charge in [-0.1, -0.05) is 17.7 Å². The molecule has 0 aromatic heterocycles. The predicted octanol–water partition coefficient (Wildman–Crippen LogP) is 2.85. The van der Waals surface area contributed by atoms with Crippen LogP contribution in [0.2, 0.25) is 5.02 Å². The summed E-state index contributed by atoms with van der Waals surface area (Å²) in [6, 6.07) is 4.65. The average molecular weight is 495 g/mol. The zero-order valence-corrected chi connectivity index (χ0v) is 20.5. The number of fused-ring (bicyclic) bond motifs is 3. The summed E-state index contributed by atoms with van der Waals surface area (Å²) in [5.41, 5.74) is 2.69. The van der Waals surface area contributed by atoms with Crippen molar-refractivity contribution in [2.45, 2.75) is 18.9 Å². The molecule has 0 saturated carbocycles. The summed E-state index contributed by atoms with van der Waals surface area (Å²) in [6.07, 6.45) is 1.12. The summed E-state index contributed by atoms with van der Waals surface area (Å²) in [5.74, 6) is 1.40. The summed E-state index contributed by atoms with van der Waals surface area (Å²) in [6.45, 7) is 0.251. The summed E-state index contributed by atoms with van der Waals surface area (Å²) < 4.78 is 22.2. The quantitative estimate of drug-likeness (QED) is 0.502. The first-order valence-corrected chi connectivity index (χ1v) is 11.1. The smallest absolute Gasteiger partial charge is 0.220 e. The van der Waals surface area contributed by atoms with Crippen molar-refractivity contribution in [2.75, 3.05) is 41.6 Å². The van der Waals surface area contributed by atoms with Gasteiger partial charge in [-0.25, -0.2) is 0 Å². The molecular formula is C23H27ClN2O6S. The molecular weight excluding hydrogens is 468 g/mol. The number of benzene rings is 1. The minimum Gasteiger partial charge on any atom is -0.493 e. The molecule has 3 N–H and O–H groups in total. The molecule has 0 radical (unpaired) electrons. The number of hydrogen-bond acceptors (Lipinski definition) is 7. The molecule has 10 heteroatoms. The van der Waals surface area contributed by atoms with Crippen LogP contribution in [0.25, 0.3) is 11.1 Å². The number of hydrogen-bond donors (Lipinski definition) is 3. The summed E-state index contributed by atoms with van der Waals surface area (Å²) in [4.78, 5) is 12.9. The molecule has 0 bridgehead atoms. The molecule has 0 unspecified atom stereocenters. The lowest BCUT2D eigenvalue weighted by Crippen LogP contribution is -2.39. The topological polar surface area (TPSA) is 98.3 Å². The number of thiocarbonyl (C=S) groups is 1. The second-order valence-corrected chi connectivity index (χ2v) is 8.05. The third-order valence-electron chi connectivity index (χ3n) is 5.51.